The smallest absolute Gasteiger partial charge is 0.0385 e. The highest BCUT2D eigenvalue weighted by Gasteiger charge is 1.93. The maximum Gasteiger partial charge on any atom is 0.0385 e. The second-order valence-corrected chi connectivity index (χ2v) is 7.53. The quantitative estimate of drug-likeness (QED) is 0.156. The van der Waals surface area contributed by atoms with E-state index in [9.17, 15) is 0 Å². The number of unbranched alkanes of at least 4 members (excludes halogenated alkanes) is 17. The third kappa shape index (κ3) is 21.7. The Bertz CT molecular complexity index is 234. The predicted octanol–water partition coefficient (Wildman–Crippen LogP) is 8.51. The molecule has 0 heterocycles. The van der Waals surface area contributed by atoms with Gasteiger partial charge >= 0.3 is 0 Å². The van der Waals surface area contributed by atoms with E-state index >= 15 is 0 Å². The SMILES string of the molecule is CCCCCCCCCCC=NCCCCCCCCCCCC. The van der Waals surface area contributed by atoms with Crippen LogP contribution in [0.4, 0.5) is 0 Å². The van der Waals surface area contributed by atoms with Gasteiger partial charge in [-0.15, -0.1) is 0 Å². The zero-order valence-electron chi connectivity index (χ0n) is 17.2. The fourth-order valence-corrected chi connectivity index (χ4v) is 3.24. The van der Waals surface area contributed by atoms with Gasteiger partial charge in [-0.1, -0.05) is 117 Å². The Morgan fingerprint density at radius 3 is 1.29 bits per heavy atom. The van der Waals surface area contributed by atoms with Gasteiger partial charge in [-0.25, -0.2) is 0 Å². The largest absolute Gasteiger partial charge is 0.298 e. The summed E-state index contributed by atoms with van der Waals surface area (Å²) in [4.78, 5) is 4.57. The van der Waals surface area contributed by atoms with Crippen LogP contribution in [0.3, 0.4) is 0 Å². The molecule has 0 spiro atoms. The van der Waals surface area contributed by atoms with Crippen LogP contribution in [0.2, 0.25) is 0 Å². The van der Waals surface area contributed by atoms with Crippen LogP contribution in [-0.4, -0.2) is 12.8 Å². The van der Waals surface area contributed by atoms with Crippen LogP contribution in [0.15, 0.2) is 4.99 Å². The lowest BCUT2D eigenvalue weighted by Gasteiger charge is -2.01. The van der Waals surface area contributed by atoms with E-state index in [0.717, 1.165) is 6.54 Å². The highest BCUT2D eigenvalue weighted by molar-refractivity contribution is 5.56. The van der Waals surface area contributed by atoms with Crippen LogP contribution in [0.5, 0.6) is 0 Å². The Morgan fingerprint density at radius 1 is 0.458 bits per heavy atom. The molecular formula is C23H47N. The molecule has 0 radical (unpaired) electrons. The standard InChI is InChI=1S/C23H47N/c1-3-5-7-9-11-13-15-17-19-21-23-24-22-20-18-16-14-12-10-8-6-4-2/h22H,3-21,23H2,1-2H3. The van der Waals surface area contributed by atoms with E-state index in [4.69, 9.17) is 0 Å². The van der Waals surface area contributed by atoms with E-state index in [1.165, 1.54) is 122 Å². The summed E-state index contributed by atoms with van der Waals surface area (Å²) < 4.78 is 0. The van der Waals surface area contributed by atoms with Crippen LogP contribution in [0.1, 0.15) is 136 Å². The summed E-state index contributed by atoms with van der Waals surface area (Å²) in [5, 5.41) is 0. The molecule has 144 valence electrons. The lowest BCUT2D eigenvalue weighted by molar-refractivity contribution is 0.558. The lowest BCUT2D eigenvalue weighted by atomic mass is 10.1. The molecule has 1 heteroatoms. The summed E-state index contributed by atoms with van der Waals surface area (Å²) >= 11 is 0. The third-order valence-corrected chi connectivity index (χ3v) is 4.96. The van der Waals surface area contributed by atoms with Crippen molar-refractivity contribution < 1.29 is 0 Å². The molecule has 0 rings (SSSR count). The molecule has 0 aliphatic rings. The molecule has 24 heavy (non-hydrogen) atoms. The molecule has 0 bridgehead atoms. The Morgan fingerprint density at radius 2 is 0.833 bits per heavy atom. The topological polar surface area (TPSA) is 12.4 Å². The van der Waals surface area contributed by atoms with E-state index in [2.05, 4.69) is 25.1 Å². The van der Waals surface area contributed by atoms with Crippen molar-refractivity contribution in [1.29, 1.82) is 0 Å². The van der Waals surface area contributed by atoms with Crippen molar-refractivity contribution in [2.75, 3.05) is 6.54 Å². The van der Waals surface area contributed by atoms with E-state index in [0.29, 0.717) is 0 Å². The molecule has 0 atom stereocenters. The maximum atomic E-state index is 4.57. The molecular weight excluding hydrogens is 290 g/mol. The van der Waals surface area contributed by atoms with Gasteiger partial charge in [0.25, 0.3) is 0 Å². The third-order valence-electron chi connectivity index (χ3n) is 4.96. The highest BCUT2D eigenvalue weighted by atomic mass is 14.7. The van der Waals surface area contributed by atoms with Gasteiger partial charge in [0.05, 0.1) is 0 Å². The van der Waals surface area contributed by atoms with E-state index in [-0.39, 0.29) is 0 Å². The molecule has 0 saturated heterocycles. The number of rotatable bonds is 20. The number of hydrogen-bond donors (Lipinski definition) is 0. The molecule has 0 aliphatic carbocycles. The predicted molar refractivity (Wildman–Crippen MR) is 112 cm³/mol. The summed E-state index contributed by atoms with van der Waals surface area (Å²) in [6, 6.07) is 0. The summed E-state index contributed by atoms with van der Waals surface area (Å²) in [7, 11) is 0. The zero-order chi connectivity index (χ0) is 17.6. The molecule has 0 amide bonds. The second-order valence-electron chi connectivity index (χ2n) is 7.53. The normalized spacial score (nSPS) is 11.6. The van der Waals surface area contributed by atoms with E-state index in [1.807, 2.05) is 0 Å². The summed E-state index contributed by atoms with van der Waals surface area (Å²) in [6.07, 6.45) is 28.8. The first-order valence-corrected chi connectivity index (χ1v) is 11.4. The van der Waals surface area contributed by atoms with Gasteiger partial charge in [-0.05, 0) is 25.5 Å². The Balaban J connectivity index is 3.03. The van der Waals surface area contributed by atoms with Crippen LogP contribution in [0.25, 0.3) is 0 Å². The van der Waals surface area contributed by atoms with E-state index < -0.39 is 0 Å². The molecule has 1 nitrogen and oxygen atoms in total. The molecule has 0 N–H and O–H groups in total. The molecule has 0 aromatic heterocycles. The average molecular weight is 338 g/mol. The average Bonchev–Trinajstić information content (AvgIpc) is 2.60. The zero-order valence-corrected chi connectivity index (χ0v) is 17.2. The number of hydrogen-bond acceptors (Lipinski definition) is 1. The van der Waals surface area contributed by atoms with Crippen molar-refractivity contribution in [3.63, 3.8) is 0 Å². The lowest BCUT2D eigenvalue weighted by Crippen LogP contribution is -1.86. The van der Waals surface area contributed by atoms with Gasteiger partial charge in [0.2, 0.25) is 0 Å². The second kappa shape index (κ2) is 22.7. The molecule has 0 unspecified atom stereocenters. The Hall–Kier alpha value is -0.330. The van der Waals surface area contributed by atoms with Crippen LogP contribution in [-0.2, 0) is 0 Å². The first-order valence-electron chi connectivity index (χ1n) is 11.4. The van der Waals surface area contributed by atoms with Crippen LogP contribution in [0, 0.1) is 0 Å². The van der Waals surface area contributed by atoms with Gasteiger partial charge in [0.1, 0.15) is 0 Å². The van der Waals surface area contributed by atoms with Gasteiger partial charge in [-0.3, -0.25) is 4.99 Å². The Kier molecular flexibility index (Phi) is 22.4. The molecule has 0 aromatic carbocycles. The molecule has 0 saturated carbocycles. The molecule has 0 aromatic rings. The highest BCUT2D eigenvalue weighted by Crippen LogP contribution is 2.11. The van der Waals surface area contributed by atoms with Gasteiger partial charge in [0.15, 0.2) is 0 Å². The van der Waals surface area contributed by atoms with Crippen molar-refractivity contribution in [3.05, 3.63) is 0 Å². The number of nitrogens with zero attached hydrogens (tertiary/aromatic N) is 1. The Labute approximate surface area is 154 Å². The van der Waals surface area contributed by atoms with Crippen molar-refractivity contribution in [2.24, 2.45) is 4.99 Å². The fraction of sp³-hybridized carbons (Fsp3) is 0.957. The molecule has 0 fully saturated rings. The van der Waals surface area contributed by atoms with Crippen molar-refractivity contribution in [2.45, 2.75) is 136 Å². The maximum absolute atomic E-state index is 4.57. The van der Waals surface area contributed by atoms with Gasteiger partial charge in [0, 0.05) is 6.54 Å². The van der Waals surface area contributed by atoms with E-state index in [1.54, 1.807) is 0 Å². The minimum Gasteiger partial charge on any atom is -0.298 e. The molecule has 0 aliphatic heterocycles. The minimum absolute atomic E-state index is 1.06. The monoisotopic (exact) mass is 337 g/mol. The number of aliphatic imine (C=N–C) groups is 1. The first kappa shape index (κ1) is 23.7. The van der Waals surface area contributed by atoms with Crippen LogP contribution < -0.4 is 0 Å². The summed E-state index contributed by atoms with van der Waals surface area (Å²) in [5.41, 5.74) is 0. The van der Waals surface area contributed by atoms with Gasteiger partial charge < -0.3 is 0 Å². The van der Waals surface area contributed by atoms with Crippen LogP contribution >= 0.6 is 0 Å². The first-order chi connectivity index (χ1) is 11.9. The summed E-state index contributed by atoms with van der Waals surface area (Å²) in [6.45, 7) is 5.64. The fourth-order valence-electron chi connectivity index (χ4n) is 3.24. The summed E-state index contributed by atoms with van der Waals surface area (Å²) in [5.74, 6) is 0. The van der Waals surface area contributed by atoms with Crippen molar-refractivity contribution >= 4 is 6.21 Å². The van der Waals surface area contributed by atoms with Gasteiger partial charge in [-0.2, -0.15) is 0 Å². The van der Waals surface area contributed by atoms with Crippen molar-refractivity contribution in [1.82, 2.24) is 0 Å². The van der Waals surface area contributed by atoms with Crippen molar-refractivity contribution in [3.8, 4) is 0 Å². The minimum atomic E-state index is 1.06.